The second-order valence-corrected chi connectivity index (χ2v) is 6.03. The molecule has 27 heavy (non-hydrogen) atoms. The first-order valence-electron chi connectivity index (χ1n) is 8.25. The maximum Gasteiger partial charge on any atom is 0.161 e. The Labute approximate surface area is 172 Å². The first-order chi connectivity index (χ1) is 11.6. The largest absolute Gasteiger partial charge is 1.00 e. The Kier molecular flexibility index (Phi) is 14.6. The molecule has 0 aromatic heterocycles. The highest BCUT2D eigenvalue weighted by atomic mass is 35.5. The number of hydrogen-bond acceptors (Lipinski definition) is 2. The Morgan fingerprint density at radius 2 is 1.70 bits per heavy atom. The van der Waals surface area contributed by atoms with Gasteiger partial charge in [-0.05, 0) is 48.4 Å². The molecular weight excluding hydrogens is 387 g/mol. The fourth-order valence-electron chi connectivity index (χ4n) is 2.47. The van der Waals surface area contributed by atoms with Crippen molar-refractivity contribution in [2.75, 3.05) is 6.54 Å². The average Bonchev–Trinajstić information content (AvgIpc) is 2.61. The molecule has 0 bridgehead atoms. The maximum absolute atomic E-state index is 11.9. The van der Waals surface area contributed by atoms with E-state index in [1.54, 1.807) is 6.08 Å². The van der Waals surface area contributed by atoms with E-state index in [-0.39, 0.29) is 42.1 Å². The van der Waals surface area contributed by atoms with E-state index in [2.05, 4.69) is 5.73 Å². The molecule has 2 aromatic carbocycles. The number of carbonyl (C=O) groups is 1. The molecule has 150 valence electrons. The molecule has 5 nitrogen and oxygen atoms in total. The van der Waals surface area contributed by atoms with Crippen molar-refractivity contribution in [2.24, 2.45) is 0 Å². The Hall–Kier alpha value is -1.73. The van der Waals surface area contributed by atoms with Gasteiger partial charge >= 0.3 is 0 Å². The number of allylic oxidation sites excluding steroid dienone is 1. The summed E-state index contributed by atoms with van der Waals surface area (Å²) >= 11 is 0. The molecule has 0 radical (unpaired) electrons. The summed E-state index contributed by atoms with van der Waals surface area (Å²) in [6.45, 7) is 2.63. The van der Waals surface area contributed by atoms with Gasteiger partial charge in [0, 0.05) is 0 Å². The van der Waals surface area contributed by atoms with E-state index in [9.17, 15) is 9.90 Å². The van der Waals surface area contributed by atoms with Gasteiger partial charge in [-0.25, -0.2) is 0 Å². The summed E-state index contributed by atoms with van der Waals surface area (Å²) in [4.78, 5) is 11.9. The maximum atomic E-state index is 11.9. The normalized spacial score (nSPS) is 12.3. The van der Waals surface area contributed by atoms with Crippen molar-refractivity contribution in [3.63, 3.8) is 0 Å². The predicted molar refractivity (Wildman–Crippen MR) is 98.9 cm³/mol. The summed E-state index contributed by atoms with van der Waals surface area (Å²) in [5.41, 5.74) is 6.69. The number of aliphatic hydroxyl groups excluding tert-OH is 1. The van der Waals surface area contributed by atoms with Gasteiger partial charge in [-0.3, -0.25) is 4.79 Å². The van der Waals surface area contributed by atoms with Crippen LogP contribution in [0.1, 0.15) is 30.6 Å². The third kappa shape index (κ3) is 9.68. The molecule has 7 heteroatoms. The summed E-state index contributed by atoms with van der Waals surface area (Å²) in [7, 11) is 0. The van der Waals surface area contributed by atoms with Crippen LogP contribution in [0, 0.1) is 0 Å². The van der Waals surface area contributed by atoms with Crippen LogP contribution in [0.4, 0.5) is 5.69 Å². The van der Waals surface area contributed by atoms with Crippen LogP contribution in [0.15, 0.2) is 60.7 Å². The van der Waals surface area contributed by atoms with Crippen molar-refractivity contribution >= 4 is 17.5 Å². The Morgan fingerprint density at radius 3 is 2.30 bits per heavy atom. The molecule has 0 spiro atoms. The van der Waals surface area contributed by atoms with Gasteiger partial charge in [0.1, 0.15) is 17.8 Å². The highest BCUT2D eigenvalue weighted by Gasteiger charge is 2.18. The van der Waals surface area contributed by atoms with Gasteiger partial charge in [0.25, 0.3) is 0 Å². The van der Waals surface area contributed by atoms with Gasteiger partial charge < -0.3 is 46.4 Å². The molecule has 0 heterocycles. The van der Waals surface area contributed by atoms with Crippen LogP contribution in [0.3, 0.4) is 0 Å². The molecule has 2 atom stereocenters. The minimum absolute atomic E-state index is 0. The average molecular weight is 415 g/mol. The fourth-order valence-corrected chi connectivity index (χ4v) is 2.47. The summed E-state index contributed by atoms with van der Waals surface area (Å²) in [6, 6.07) is 17.3. The zero-order valence-corrected chi connectivity index (χ0v) is 16.8. The van der Waals surface area contributed by atoms with E-state index in [1.807, 2.05) is 72.9 Å². The summed E-state index contributed by atoms with van der Waals surface area (Å²) in [6.07, 6.45) is 3.36. The lowest BCUT2D eigenvalue weighted by Gasteiger charge is -2.17. The van der Waals surface area contributed by atoms with Crippen molar-refractivity contribution in [3.05, 3.63) is 71.8 Å². The van der Waals surface area contributed by atoms with Crippen molar-refractivity contribution < 1.29 is 51.2 Å². The molecule has 0 saturated heterocycles. The van der Waals surface area contributed by atoms with Crippen LogP contribution in [-0.2, 0) is 4.79 Å². The summed E-state index contributed by atoms with van der Waals surface area (Å²) < 4.78 is 0. The van der Waals surface area contributed by atoms with Gasteiger partial charge in [-0.15, -0.1) is 0 Å². The van der Waals surface area contributed by atoms with Crippen LogP contribution in [0.2, 0.25) is 0 Å². The van der Waals surface area contributed by atoms with E-state index in [4.69, 9.17) is 0 Å². The second kappa shape index (κ2) is 14.3. The number of carbonyl (C=O) groups excluding carboxylic acids is 1. The number of aliphatic hydroxyl groups is 1. The fraction of sp³-hybridized carbons (Fsp3) is 0.250. The molecule has 0 aliphatic heterocycles. The lowest BCUT2D eigenvalue weighted by atomic mass is 10.0. The van der Waals surface area contributed by atoms with Crippen molar-refractivity contribution in [2.45, 2.75) is 25.5 Å². The van der Waals surface area contributed by atoms with Gasteiger partial charge in [0.05, 0.1) is 13.0 Å². The number of benzene rings is 2. The van der Waals surface area contributed by atoms with Crippen LogP contribution in [0.25, 0.3) is 6.08 Å². The minimum atomic E-state index is -0.530. The van der Waals surface area contributed by atoms with Crippen LogP contribution >= 0.6 is 0 Å². The number of rotatable bonds is 8. The van der Waals surface area contributed by atoms with Gasteiger partial charge in [-0.1, -0.05) is 36.4 Å². The standard InChI is InChI=1S/C20H24N2O2.2ClH.H2O/c1-15(20(24)17-5-3-2-4-6-17)22-14-13-19(23)12-9-16-7-10-18(21)11-8-16;;;/h2-12,15,20,22,24H,13-14,21H2,1H3;2*1H;1H2/b12-9+;;;. The molecule has 0 aliphatic rings. The van der Waals surface area contributed by atoms with Gasteiger partial charge in [-0.2, -0.15) is 0 Å². The van der Waals surface area contributed by atoms with Crippen molar-refractivity contribution in [1.29, 1.82) is 0 Å². The summed E-state index contributed by atoms with van der Waals surface area (Å²) in [5.74, 6) is 0.0892. The number of halogens is 2. The second-order valence-electron chi connectivity index (χ2n) is 6.03. The molecule has 2 unspecified atom stereocenters. The van der Waals surface area contributed by atoms with E-state index >= 15 is 0 Å². The molecule has 2 aromatic rings. The zero-order chi connectivity index (χ0) is 17.4. The Morgan fingerprint density at radius 1 is 1.11 bits per heavy atom. The lowest BCUT2D eigenvalue weighted by Crippen LogP contribution is -3.00. The quantitative estimate of drug-likeness (QED) is 0.374. The number of quaternary nitrogens is 2. The van der Waals surface area contributed by atoms with Gasteiger partial charge in [0.2, 0.25) is 0 Å². The molecular formula is C20H28Cl2N2O3. The topological polar surface area (TPSA) is 113 Å². The third-order valence-corrected chi connectivity index (χ3v) is 4.01. The molecule has 0 saturated carbocycles. The van der Waals surface area contributed by atoms with E-state index in [0.29, 0.717) is 13.0 Å². The number of ketones is 1. The van der Waals surface area contributed by atoms with E-state index in [0.717, 1.165) is 16.8 Å². The predicted octanol–water partition coefficient (Wildman–Crippen LogP) is -5.60. The van der Waals surface area contributed by atoms with Crippen molar-refractivity contribution in [3.8, 4) is 0 Å². The molecule has 0 fully saturated rings. The lowest BCUT2D eigenvalue weighted by molar-refractivity contribution is -0.693. The first-order valence-corrected chi connectivity index (χ1v) is 8.25. The molecule has 2 rings (SSSR count). The van der Waals surface area contributed by atoms with Gasteiger partial charge in [0.15, 0.2) is 5.78 Å². The van der Waals surface area contributed by atoms with Crippen molar-refractivity contribution in [1.82, 2.24) is 0 Å². The summed E-state index contributed by atoms with van der Waals surface area (Å²) in [5, 5.41) is 12.3. The smallest absolute Gasteiger partial charge is 0.161 e. The highest BCUT2D eigenvalue weighted by molar-refractivity contribution is 5.93. The monoisotopic (exact) mass is 414 g/mol. The molecule has 0 amide bonds. The zero-order valence-electron chi connectivity index (χ0n) is 15.3. The van der Waals surface area contributed by atoms with Crippen LogP contribution in [0.5, 0.6) is 0 Å². The SMILES string of the molecule is CC([NH2+]CCC(=O)/C=C/c1ccc([NH3+])cc1)C(O)c1ccccc1.O.[Cl-].[Cl-]. The molecule has 8 N–H and O–H groups in total. The Bertz CT molecular complexity index is 679. The number of nitrogens with two attached hydrogens (primary N) is 1. The van der Waals surface area contributed by atoms with E-state index in [1.165, 1.54) is 0 Å². The number of hydrogen-bond donors (Lipinski definition) is 3. The molecule has 0 aliphatic carbocycles. The van der Waals surface area contributed by atoms with Crippen LogP contribution < -0.4 is 35.9 Å². The minimum Gasteiger partial charge on any atom is -1.00 e. The van der Waals surface area contributed by atoms with Crippen LogP contribution in [-0.4, -0.2) is 29.0 Å². The third-order valence-electron chi connectivity index (χ3n) is 4.01. The highest BCUT2D eigenvalue weighted by Crippen LogP contribution is 2.13. The Balaban J connectivity index is 0. The first kappa shape index (κ1) is 27.5. The van der Waals surface area contributed by atoms with E-state index < -0.39 is 6.10 Å².